The standard InChI is InChI=1S/C10H19N3O/c1-7-4-12-5-9(7)10(14)13-3-2-8(11)6-13/h7-9,12H,2-6,11H2,1H3/t7-,8-,9-/m1/s1. The first kappa shape index (κ1) is 9.93. The molecule has 2 fully saturated rings. The zero-order valence-corrected chi connectivity index (χ0v) is 8.70. The van der Waals surface area contributed by atoms with Gasteiger partial charge in [-0.25, -0.2) is 0 Å². The van der Waals surface area contributed by atoms with Gasteiger partial charge in [0.1, 0.15) is 0 Å². The van der Waals surface area contributed by atoms with Crippen LogP contribution in [0.3, 0.4) is 0 Å². The molecule has 0 aromatic heterocycles. The second kappa shape index (κ2) is 3.87. The third-order valence-electron chi connectivity index (χ3n) is 3.37. The lowest BCUT2D eigenvalue weighted by atomic mass is 9.97. The van der Waals surface area contributed by atoms with Crippen LogP contribution in [0.25, 0.3) is 0 Å². The molecule has 2 rings (SSSR count). The first-order chi connectivity index (χ1) is 6.68. The summed E-state index contributed by atoms with van der Waals surface area (Å²) < 4.78 is 0. The summed E-state index contributed by atoms with van der Waals surface area (Å²) >= 11 is 0. The molecule has 0 aliphatic carbocycles. The van der Waals surface area contributed by atoms with Gasteiger partial charge in [0.25, 0.3) is 0 Å². The summed E-state index contributed by atoms with van der Waals surface area (Å²) in [5.74, 6) is 0.954. The maximum atomic E-state index is 12.0. The fourth-order valence-electron chi connectivity index (χ4n) is 2.36. The molecule has 2 aliphatic rings. The maximum absolute atomic E-state index is 12.0. The Bertz CT molecular complexity index is 231. The number of carbonyl (C=O) groups is 1. The normalized spacial score (nSPS) is 37.9. The third-order valence-corrected chi connectivity index (χ3v) is 3.37. The highest BCUT2D eigenvalue weighted by Gasteiger charge is 2.34. The Labute approximate surface area is 84.8 Å². The number of carbonyl (C=O) groups excluding carboxylic acids is 1. The van der Waals surface area contributed by atoms with Gasteiger partial charge in [-0.15, -0.1) is 0 Å². The molecule has 0 radical (unpaired) electrons. The Morgan fingerprint density at radius 1 is 1.50 bits per heavy atom. The van der Waals surface area contributed by atoms with Crippen LogP contribution < -0.4 is 11.1 Å². The number of nitrogens with zero attached hydrogens (tertiary/aromatic N) is 1. The van der Waals surface area contributed by atoms with Crippen molar-refractivity contribution in [2.75, 3.05) is 26.2 Å². The number of nitrogens with two attached hydrogens (primary N) is 1. The lowest BCUT2D eigenvalue weighted by molar-refractivity contribution is -0.134. The lowest BCUT2D eigenvalue weighted by Gasteiger charge is -2.22. The molecule has 0 bridgehead atoms. The fourth-order valence-corrected chi connectivity index (χ4v) is 2.36. The van der Waals surface area contributed by atoms with Crippen LogP contribution in [-0.2, 0) is 4.79 Å². The summed E-state index contributed by atoms with van der Waals surface area (Å²) in [7, 11) is 0. The van der Waals surface area contributed by atoms with E-state index in [0.29, 0.717) is 11.8 Å². The molecule has 0 aromatic rings. The summed E-state index contributed by atoms with van der Waals surface area (Å²) in [5.41, 5.74) is 5.79. The second-order valence-electron chi connectivity index (χ2n) is 4.58. The number of likely N-dealkylation sites (tertiary alicyclic amines) is 1. The Morgan fingerprint density at radius 3 is 2.79 bits per heavy atom. The van der Waals surface area contributed by atoms with Gasteiger partial charge in [-0.1, -0.05) is 6.92 Å². The molecule has 0 unspecified atom stereocenters. The average Bonchev–Trinajstić information content (AvgIpc) is 2.73. The van der Waals surface area contributed by atoms with Crippen molar-refractivity contribution in [3.8, 4) is 0 Å². The van der Waals surface area contributed by atoms with E-state index in [9.17, 15) is 4.79 Å². The molecule has 0 spiro atoms. The van der Waals surface area contributed by atoms with Gasteiger partial charge in [0.15, 0.2) is 0 Å². The minimum atomic E-state index is 0.181. The second-order valence-corrected chi connectivity index (χ2v) is 4.58. The molecule has 2 saturated heterocycles. The highest BCUT2D eigenvalue weighted by molar-refractivity contribution is 5.80. The minimum absolute atomic E-state index is 0.181. The average molecular weight is 197 g/mol. The van der Waals surface area contributed by atoms with Gasteiger partial charge in [0.2, 0.25) is 5.91 Å². The molecule has 14 heavy (non-hydrogen) atoms. The smallest absolute Gasteiger partial charge is 0.227 e. The topological polar surface area (TPSA) is 58.4 Å². The van der Waals surface area contributed by atoms with Crippen LogP contribution in [0, 0.1) is 11.8 Å². The van der Waals surface area contributed by atoms with Gasteiger partial charge in [0.05, 0.1) is 5.92 Å². The molecular formula is C10H19N3O. The Kier molecular flexibility index (Phi) is 2.74. The van der Waals surface area contributed by atoms with Crippen molar-refractivity contribution in [1.82, 2.24) is 10.2 Å². The Balaban J connectivity index is 1.94. The monoisotopic (exact) mass is 197 g/mol. The van der Waals surface area contributed by atoms with E-state index in [1.54, 1.807) is 0 Å². The van der Waals surface area contributed by atoms with E-state index in [4.69, 9.17) is 5.73 Å². The largest absolute Gasteiger partial charge is 0.341 e. The Morgan fingerprint density at radius 2 is 2.29 bits per heavy atom. The lowest BCUT2D eigenvalue weighted by Crippen LogP contribution is -2.38. The van der Waals surface area contributed by atoms with E-state index in [0.717, 1.165) is 32.6 Å². The highest BCUT2D eigenvalue weighted by Crippen LogP contribution is 2.20. The predicted molar refractivity (Wildman–Crippen MR) is 54.7 cm³/mol. The van der Waals surface area contributed by atoms with Crippen LogP contribution in [0.15, 0.2) is 0 Å². The molecule has 3 atom stereocenters. The predicted octanol–water partition coefficient (Wildman–Crippen LogP) is -0.598. The molecular weight excluding hydrogens is 178 g/mol. The first-order valence-electron chi connectivity index (χ1n) is 5.43. The molecule has 4 nitrogen and oxygen atoms in total. The SMILES string of the molecule is C[C@@H]1CNC[C@H]1C(=O)N1CC[C@@H](N)C1. The quantitative estimate of drug-likeness (QED) is 0.590. The van der Waals surface area contributed by atoms with Gasteiger partial charge in [0, 0.05) is 25.7 Å². The van der Waals surface area contributed by atoms with Crippen molar-refractivity contribution in [3.63, 3.8) is 0 Å². The van der Waals surface area contributed by atoms with Gasteiger partial charge in [-0.2, -0.15) is 0 Å². The number of rotatable bonds is 1. The Hall–Kier alpha value is -0.610. The summed E-state index contributed by atoms with van der Waals surface area (Å²) in [4.78, 5) is 14.0. The molecule has 0 aromatic carbocycles. The van der Waals surface area contributed by atoms with Crippen molar-refractivity contribution < 1.29 is 4.79 Å². The summed E-state index contributed by atoms with van der Waals surface area (Å²) in [6.07, 6.45) is 0.959. The van der Waals surface area contributed by atoms with E-state index >= 15 is 0 Å². The van der Waals surface area contributed by atoms with Crippen molar-refractivity contribution in [2.45, 2.75) is 19.4 Å². The molecule has 3 N–H and O–H groups in total. The van der Waals surface area contributed by atoms with Crippen LogP contribution >= 0.6 is 0 Å². The molecule has 2 aliphatic heterocycles. The van der Waals surface area contributed by atoms with Crippen molar-refractivity contribution in [2.24, 2.45) is 17.6 Å². The highest BCUT2D eigenvalue weighted by atomic mass is 16.2. The molecule has 0 saturated carbocycles. The van der Waals surface area contributed by atoms with E-state index in [-0.39, 0.29) is 12.0 Å². The fraction of sp³-hybridized carbons (Fsp3) is 0.900. The van der Waals surface area contributed by atoms with Crippen molar-refractivity contribution >= 4 is 5.91 Å². The van der Waals surface area contributed by atoms with E-state index in [1.165, 1.54) is 0 Å². The number of amides is 1. The van der Waals surface area contributed by atoms with Crippen LogP contribution in [0.2, 0.25) is 0 Å². The summed E-state index contributed by atoms with van der Waals surface area (Å²) in [5, 5.41) is 3.26. The van der Waals surface area contributed by atoms with Crippen molar-refractivity contribution in [1.29, 1.82) is 0 Å². The number of hydrogen-bond donors (Lipinski definition) is 2. The van der Waals surface area contributed by atoms with Crippen LogP contribution in [0.1, 0.15) is 13.3 Å². The zero-order valence-electron chi connectivity index (χ0n) is 8.70. The zero-order chi connectivity index (χ0) is 10.1. The van der Waals surface area contributed by atoms with E-state index in [1.807, 2.05) is 4.90 Å². The molecule has 4 heteroatoms. The number of hydrogen-bond acceptors (Lipinski definition) is 3. The van der Waals surface area contributed by atoms with E-state index < -0.39 is 0 Å². The number of nitrogens with one attached hydrogen (secondary N) is 1. The molecule has 2 heterocycles. The van der Waals surface area contributed by atoms with E-state index in [2.05, 4.69) is 12.2 Å². The maximum Gasteiger partial charge on any atom is 0.227 e. The summed E-state index contributed by atoms with van der Waals surface area (Å²) in [6, 6.07) is 0.198. The van der Waals surface area contributed by atoms with Gasteiger partial charge in [-0.3, -0.25) is 4.79 Å². The van der Waals surface area contributed by atoms with Gasteiger partial charge in [-0.05, 0) is 18.9 Å². The summed E-state index contributed by atoms with van der Waals surface area (Å²) in [6.45, 7) is 5.55. The van der Waals surface area contributed by atoms with Crippen LogP contribution in [0.4, 0.5) is 0 Å². The third kappa shape index (κ3) is 1.77. The molecule has 80 valence electrons. The van der Waals surface area contributed by atoms with Gasteiger partial charge >= 0.3 is 0 Å². The minimum Gasteiger partial charge on any atom is -0.341 e. The van der Waals surface area contributed by atoms with Crippen LogP contribution in [-0.4, -0.2) is 43.0 Å². The van der Waals surface area contributed by atoms with Crippen molar-refractivity contribution in [3.05, 3.63) is 0 Å². The van der Waals surface area contributed by atoms with Gasteiger partial charge < -0.3 is 16.0 Å². The molecule has 1 amide bonds. The first-order valence-corrected chi connectivity index (χ1v) is 5.43. The van der Waals surface area contributed by atoms with Crippen LogP contribution in [0.5, 0.6) is 0 Å².